The molecule has 0 spiro atoms. The topological polar surface area (TPSA) is 98.8 Å². The number of esters is 1. The van der Waals surface area contributed by atoms with E-state index in [1.807, 2.05) is 6.92 Å². The highest BCUT2D eigenvalue weighted by atomic mass is 31.2. The number of carbonyl (C=O) groups is 1. The van der Waals surface area contributed by atoms with Gasteiger partial charge in [0.25, 0.3) is 0 Å². The first-order chi connectivity index (χ1) is 12.7. The predicted molar refractivity (Wildman–Crippen MR) is 99.7 cm³/mol. The van der Waals surface area contributed by atoms with Crippen LogP contribution < -0.4 is 0 Å². The van der Waals surface area contributed by atoms with Crippen LogP contribution in [0, 0.1) is 0 Å². The molecule has 0 amide bonds. The van der Waals surface area contributed by atoms with Crippen LogP contribution in [0.4, 0.5) is 0 Å². The highest BCUT2D eigenvalue weighted by Gasteiger charge is 2.32. The number of ether oxygens (including phenoxy) is 4. The van der Waals surface area contributed by atoms with Crippen LogP contribution in [0.25, 0.3) is 0 Å². The fraction of sp³-hybridized carbons (Fsp3) is 0.941. The van der Waals surface area contributed by atoms with Crippen LogP contribution >= 0.6 is 7.82 Å². The molecule has 9 nitrogen and oxygen atoms in total. The van der Waals surface area contributed by atoms with Crippen LogP contribution in [-0.2, 0) is 41.9 Å². The lowest BCUT2D eigenvalue weighted by Crippen LogP contribution is -2.20. The third-order valence-electron chi connectivity index (χ3n) is 2.81. The third-order valence-corrected chi connectivity index (χ3v) is 4.58. The van der Waals surface area contributed by atoms with Gasteiger partial charge in [0.2, 0.25) is 0 Å². The molecular weight excluding hydrogens is 379 g/mol. The van der Waals surface area contributed by atoms with E-state index in [0.29, 0.717) is 39.5 Å². The zero-order valence-electron chi connectivity index (χ0n) is 17.2. The lowest BCUT2D eigenvalue weighted by atomic mass is 10.2. The zero-order valence-corrected chi connectivity index (χ0v) is 18.1. The average molecular weight is 414 g/mol. The molecule has 27 heavy (non-hydrogen) atoms. The van der Waals surface area contributed by atoms with Crippen LogP contribution in [0.1, 0.15) is 40.5 Å². The van der Waals surface area contributed by atoms with Crippen LogP contribution in [0.15, 0.2) is 0 Å². The Morgan fingerprint density at radius 1 is 0.852 bits per heavy atom. The smallest absolute Gasteiger partial charge is 0.469 e. The van der Waals surface area contributed by atoms with Crippen LogP contribution in [0.5, 0.6) is 0 Å². The minimum absolute atomic E-state index is 0.0449. The number of rotatable bonds is 17. The molecule has 0 fully saturated rings. The van der Waals surface area contributed by atoms with Crippen molar-refractivity contribution in [1.29, 1.82) is 0 Å². The van der Waals surface area contributed by atoms with Gasteiger partial charge in [0.15, 0.2) is 0 Å². The highest BCUT2D eigenvalue weighted by molar-refractivity contribution is 7.48. The molecule has 0 saturated heterocycles. The Bertz CT molecular complexity index is 423. The fourth-order valence-electron chi connectivity index (χ4n) is 1.71. The molecule has 0 heterocycles. The molecule has 0 aromatic rings. The molecule has 0 aromatic heterocycles. The van der Waals surface area contributed by atoms with Gasteiger partial charge in [-0.2, -0.15) is 0 Å². The maximum Gasteiger partial charge on any atom is 0.475 e. The monoisotopic (exact) mass is 414 g/mol. The van der Waals surface area contributed by atoms with Crippen LogP contribution in [-0.4, -0.2) is 71.5 Å². The second kappa shape index (κ2) is 15.4. The summed E-state index contributed by atoms with van der Waals surface area (Å²) in [4.78, 5) is 11.1. The molecule has 0 radical (unpaired) electrons. The van der Waals surface area contributed by atoms with Crippen LogP contribution in [0.2, 0.25) is 0 Å². The summed E-state index contributed by atoms with van der Waals surface area (Å²) >= 11 is 0. The Morgan fingerprint density at radius 2 is 1.37 bits per heavy atom. The number of phosphoric acid groups is 1. The van der Waals surface area contributed by atoms with E-state index in [-0.39, 0.29) is 32.2 Å². The molecule has 0 aromatic carbocycles. The Hall–Kier alpha value is -0.540. The van der Waals surface area contributed by atoms with E-state index in [0.717, 1.165) is 0 Å². The van der Waals surface area contributed by atoms with Gasteiger partial charge in [0, 0.05) is 13.0 Å². The van der Waals surface area contributed by atoms with Crippen molar-refractivity contribution in [2.45, 2.75) is 46.1 Å². The van der Waals surface area contributed by atoms with Gasteiger partial charge < -0.3 is 18.9 Å². The standard InChI is InChI=1S/C17H35O9P/c1-6-21-10-11-22-12-13-23-14-15-25-27(19,26-17(2,3)4)24-9-7-8-16(18)20-5/h6-15H2,1-5H3. The minimum atomic E-state index is -3.76. The van der Waals surface area contributed by atoms with Crippen molar-refractivity contribution in [1.82, 2.24) is 0 Å². The SMILES string of the molecule is CCOCCOCCOCCOP(=O)(OCCCC(=O)OC)OC(C)(C)C. The average Bonchev–Trinajstić information content (AvgIpc) is 2.58. The van der Waals surface area contributed by atoms with Gasteiger partial charge in [0.05, 0.1) is 59.0 Å². The van der Waals surface area contributed by atoms with E-state index in [1.165, 1.54) is 7.11 Å². The quantitative estimate of drug-likeness (QED) is 0.202. The lowest BCUT2D eigenvalue weighted by Gasteiger charge is -2.26. The molecule has 0 aliphatic rings. The van der Waals surface area contributed by atoms with Gasteiger partial charge >= 0.3 is 13.8 Å². The predicted octanol–water partition coefficient (Wildman–Crippen LogP) is 2.97. The number of hydrogen-bond acceptors (Lipinski definition) is 9. The van der Waals surface area contributed by atoms with Gasteiger partial charge in [-0.1, -0.05) is 0 Å². The van der Waals surface area contributed by atoms with Crippen molar-refractivity contribution in [3.63, 3.8) is 0 Å². The Kier molecular flexibility index (Phi) is 15.1. The van der Waals surface area contributed by atoms with Gasteiger partial charge in [-0.25, -0.2) is 4.57 Å². The summed E-state index contributed by atoms with van der Waals surface area (Å²) < 4.78 is 49.1. The highest BCUT2D eigenvalue weighted by Crippen LogP contribution is 2.52. The second-order valence-electron chi connectivity index (χ2n) is 6.42. The number of carbonyl (C=O) groups excluding carboxylic acids is 1. The molecule has 1 unspecified atom stereocenters. The minimum Gasteiger partial charge on any atom is -0.469 e. The van der Waals surface area contributed by atoms with Crippen molar-refractivity contribution in [3.8, 4) is 0 Å². The molecule has 0 saturated carbocycles. The van der Waals surface area contributed by atoms with E-state index in [4.69, 9.17) is 27.8 Å². The number of hydrogen-bond donors (Lipinski definition) is 0. The Morgan fingerprint density at radius 3 is 1.89 bits per heavy atom. The van der Waals surface area contributed by atoms with Gasteiger partial charge in [-0.05, 0) is 34.1 Å². The first-order valence-electron chi connectivity index (χ1n) is 9.12. The molecule has 0 N–H and O–H groups in total. The maximum absolute atomic E-state index is 12.7. The summed E-state index contributed by atoms with van der Waals surface area (Å²) in [5.41, 5.74) is -0.715. The first-order valence-corrected chi connectivity index (χ1v) is 10.6. The van der Waals surface area contributed by atoms with Crippen LogP contribution in [0.3, 0.4) is 0 Å². The molecule has 0 bridgehead atoms. The maximum atomic E-state index is 12.7. The van der Waals surface area contributed by atoms with E-state index < -0.39 is 13.4 Å². The second-order valence-corrected chi connectivity index (χ2v) is 8.01. The summed E-state index contributed by atoms with van der Waals surface area (Å²) in [6.45, 7) is 10.0. The molecule has 0 aliphatic heterocycles. The number of methoxy groups -OCH3 is 1. The van der Waals surface area contributed by atoms with E-state index in [1.54, 1.807) is 20.8 Å². The molecule has 0 aliphatic carbocycles. The van der Waals surface area contributed by atoms with Gasteiger partial charge in [-0.3, -0.25) is 18.4 Å². The molecule has 162 valence electrons. The van der Waals surface area contributed by atoms with Crippen molar-refractivity contribution in [2.24, 2.45) is 0 Å². The zero-order chi connectivity index (χ0) is 20.6. The summed E-state index contributed by atoms with van der Waals surface area (Å²) in [6, 6.07) is 0. The fourth-order valence-corrected chi connectivity index (χ4v) is 3.21. The summed E-state index contributed by atoms with van der Waals surface area (Å²) in [6.07, 6.45) is 0.515. The Balaban J connectivity index is 4.04. The molecular formula is C17H35O9P. The normalized spacial score (nSPS) is 14.1. The van der Waals surface area contributed by atoms with Gasteiger partial charge in [-0.15, -0.1) is 0 Å². The third kappa shape index (κ3) is 17.3. The summed E-state index contributed by atoms with van der Waals surface area (Å²) in [5, 5.41) is 0. The van der Waals surface area contributed by atoms with E-state index >= 15 is 0 Å². The Labute approximate surface area is 162 Å². The van der Waals surface area contributed by atoms with E-state index in [9.17, 15) is 9.36 Å². The first kappa shape index (κ1) is 26.5. The van der Waals surface area contributed by atoms with Crippen molar-refractivity contribution < 1.29 is 41.9 Å². The lowest BCUT2D eigenvalue weighted by molar-refractivity contribution is -0.140. The summed E-state index contributed by atoms with van der Waals surface area (Å²) in [7, 11) is -2.45. The van der Waals surface area contributed by atoms with Gasteiger partial charge in [0.1, 0.15) is 0 Å². The largest absolute Gasteiger partial charge is 0.475 e. The number of phosphoric ester groups is 1. The molecule has 10 heteroatoms. The van der Waals surface area contributed by atoms with Crippen molar-refractivity contribution in [2.75, 3.05) is 60.0 Å². The van der Waals surface area contributed by atoms with Crippen molar-refractivity contribution in [3.05, 3.63) is 0 Å². The summed E-state index contributed by atoms with van der Waals surface area (Å²) in [5.74, 6) is -0.358. The molecule has 0 rings (SSSR count). The van der Waals surface area contributed by atoms with Crippen molar-refractivity contribution >= 4 is 13.8 Å². The molecule has 1 atom stereocenters. The van der Waals surface area contributed by atoms with E-state index in [2.05, 4.69) is 4.74 Å².